The lowest BCUT2D eigenvalue weighted by Crippen LogP contribution is -2.18. The van der Waals surface area contributed by atoms with E-state index >= 15 is 0 Å². The SMILES string of the molecule is CCOc1ccc(C(CSc2ccncn2)NC)cc1. The molecular formula is C15H19N3OS. The largest absolute Gasteiger partial charge is 0.494 e. The third kappa shape index (κ3) is 4.21. The lowest BCUT2D eigenvalue weighted by atomic mass is 10.1. The zero-order valence-electron chi connectivity index (χ0n) is 11.7. The van der Waals surface area contributed by atoms with Gasteiger partial charge in [-0.15, -0.1) is 11.8 Å². The van der Waals surface area contributed by atoms with E-state index < -0.39 is 0 Å². The van der Waals surface area contributed by atoms with Gasteiger partial charge in [0.05, 0.1) is 11.6 Å². The molecule has 0 fully saturated rings. The first-order valence-electron chi connectivity index (χ1n) is 6.62. The summed E-state index contributed by atoms with van der Waals surface area (Å²) in [6.07, 6.45) is 3.34. The molecule has 0 amide bonds. The average Bonchev–Trinajstić information content (AvgIpc) is 2.51. The standard InChI is InChI=1S/C15H19N3OS/c1-3-19-13-6-4-12(5-7-13)14(16-2)10-20-15-8-9-17-11-18-15/h4-9,11,14,16H,3,10H2,1-2H3. The minimum atomic E-state index is 0.283. The van der Waals surface area contributed by atoms with Crippen molar-refractivity contribution in [3.05, 3.63) is 48.4 Å². The Bertz CT molecular complexity index is 504. The lowest BCUT2D eigenvalue weighted by Gasteiger charge is -2.16. The van der Waals surface area contributed by atoms with Crippen molar-refractivity contribution in [3.63, 3.8) is 0 Å². The summed E-state index contributed by atoms with van der Waals surface area (Å²) >= 11 is 1.72. The van der Waals surface area contributed by atoms with E-state index in [4.69, 9.17) is 4.74 Å². The monoisotopic (exact) mass is 289 g/mol. The first-order valence-corrected chi connectivity index (χ1v) is 7.61. The van der Waals surface area contributed by atoms with Crippen LogP contribution in [0, 0.1) is 0 Å². The van der Waals surface area contributed by atoms with Crippen molar-refractivity contribution in [3.8, 4) is 5.75 Å². The van der Waals surface area contributed by atoms with Gasteiger partial charge in [0.25, 0.3) is 0 Å². The highest BCUT2D eigenvalue weighted by molar-refractivity contribution is 7.99. The fraction of sp³-hybridized carbons (Fsp3) is 0.333. The summed E-state index contributed by atoms with van der Waals surface area (Å²) in [6, 6.07) is 10.4. The van der Waals surface area contributed by atoms with E-state index in [1.807, 2.05) is 32.2 Å². The summed E-state index contributed by atoms with van der Waals surface area (Å²) in [7, 11) is 1.97. The number of nitrogens with one attached hydrogen (secondary N) is 1. The molecule has 0 bridgehead atoms. The molecule has 0 aliphatic rings. The van der Waals surface area contributed by atoms with E-state index in [0.717, 1.165) is 16.5 Å². The van der Waals surface area contributed by atoms with E-state index in [-0.39, 0.29) is 6.04 Å². The van der Waals surface area contributed by atoms with Gasteiger partial charge in [0, 0.05) is 18.0 Å². The van der Waals surface area contributed by atoms with Crippen molar-refractivity contribution in [2.24, 2.45) is 0 Å². The summed E-state index contributed by atoms with van der Waals surface area (Å²) in [5.74, 6) is 1.83. The Balaban J connectivity index is 1.97. The maximum Gasteiger partial charge on any atom is 0.119 e. The van der Waals surface area contributed by atoms with Crippen LogP contribution in [0.25, 0.3) is 0 Å². The highest BCUT2D eigenvalue weighted by Crippen LogP contribution is 2.24. The van der Waals surface area contributed by atoms with Gasteiger partial charge in [0.15, 0.2) is 0 Å². The molecule has 20 heavy (non-hydrogen) atoms. The molecule has 0 aliphatic heterocycles. The van der Waals surface area contributed by atoms with Gasteiger partial charge < -0.3 is 10.1 Å². The van der Waals surface area contributed by atoms with Gasteiger partial charge in [-0.25, -0.2) is 9.97 Å². The Kier molecular flexibility index (Phi) is 5.83. The topological polar surface area (TPSA) is 47.0 Å². The second kappa shape index (κ2) is 7.87. The van der Waals surface area contributed by atoms with Crippen LogP contribution in [-0.2, 0) is 0 Å². The fourth-order valence-corrected chi connectivity index (χ4v) is 2.82. The molecule has 5 heteroatoms. The predicted octanol–water partition coefficient (Wildman–Crippen LogP) is 2.93. The van der Waals surface area contributed by atoms with Crippen molar-refractivity contribution < 1.29 is 4.74 Å². The predicted molar refractivity (Wildman–Crippen MR) is 82.2 cm³/mol. The van der Waals surface area contributed by atoms with Crippen LogP contribution >= 0.6 is 11.8 Å². The second-order valence-electron chi connectivity index (χ2n) is 4.20. The first kappa shape index (κ1) is 14.8. The van der Waals surface area contributed by atoms with Crippen LogP contribution in [0.2, 0.25) is 0 Å². The summed E-state index contributed by atoms with van der Waals surface area (Å²) in [6.45, 7) is 2.68. The molecule has 0 aliphatic carbocycles. The molecule has 0 saturated carbocycles. The van der Waals surface area contributed by atoms with Crippen molar-refractivity contribution in [1.29, 1.82) is 0 Å². The van der Waals surface area contributed by atoms with Crippen LogP contribution in [0.15, 0.2) is 47.9 Å². The van der Waals surface area contributed by atoms with Gasteiger partial charge in [-0.2, -0.15) is 0 Å². The van der Waals surface area contributed by atoms with Crippen LogP contribution in [0.3, 0.4) is 0 Å². The van der Waals surface area contributed by atoms with Gasteiger partial charge in [0.1, 0.15) is 12.1 Å². The Labute approximate surface area is 124 Å². The highest BCUT2D eigenvalue weighted by atomic mass is 32.2. The zero-order chi connectivity index (χ0) is 14.2. The summed E-state index contributed by atoms with van der Waals surface area (Å²) < 4.78 is 5.46. The van der Waals surface area contributed by atoms with Crippen LogP contribution in [0.4, 0.5) is 0 Å². The van der Waals surface area contributed by atoms with E-state index in [9.17, 15) is 0 Å². The highest BCUT2D eigenvalue weighted by Gasteiger charge is 2.10. The molecular weight excluding hydrogens is 270 g/mol. The second-order valence-corrected chi connectivity index (χ2v) is 5.24. The number of hydrogen-bond donors (Lipinski definition) is 1. The summed E-state index contributed by atoms with van der Waals surface area (Å²) in [4.78, 5) is 8.15. The number of nitrogens with zero attached hydrogens (tertiary/aromatic N) is 2. The van der Waals surface area contributed by atoms with E-state index in [0.29, 0.717) is 6.61 Å². The van der Waals surface area contributed by atoms with Gasteiger partial charge in [-0.3, -0.25) is 0 Å². The van der Waals surface area contributed by atoms with Crippen LogP contribution in [-0.4, -0.2) is 29.4 Å². The van der Waals surface area contributed by atoms with Gasteiger partial charge in [0.2, 0.25) is 0 Å². The fourth-order valence-electron chi connectivity index (χ4n) is 1.84. The normalized spacial score (nSPS) is 12.1. The van der Waals surface area contributed by atoms with Gasteiger partial charge in [-0.05, 0) is 37.7 Å². The van der Waals surface area contributed by atoms with E-state index in [2.05, 4.69) is 27.4 Å². The van der Waals surface area contributed by atoms with Crippen molar-refractivity contribution >= 4 is 11.8 Å². The number of ether oxygens (including phenoxy) is 1. The summed E-state index contributed by atoms with van der Waals surface area (Å²) in [5.41, 5.74) is 1.25. The molecule has 1 unspecified atom stereocenters. The molecule has 4 nitrogen and oxygen atoms in total. The Morgan fingerprint density at radius 3 is 2.65 bits per heavy atom. The Morgan fingerprint density at radius 2 is 2.05 bits per heavy atom. The van der Waals surface area contributed by atoms with Crippen LogP contribution in [0.5, 0.6) is 5.75 Å². The zero-order valence-corrected chi connectivity index (χ0v) is 12.6. The molecule has 0 radical (unpaired) electrons. The van der Waals surface area contributed by atoms with Crippen molar-refractivity contribution in [2.75, 3.05) is 19.4 Å². The number of benzene rings is 1. The molecule has 1 atom stereocenters. The van der Waals surface area contributed by atoms with Crippen LogP contribution < -0.4 is 10.1 Å². The molecule has 1 heterocycles. The minimum Gasteiger partial charge on any atom is -0.494 e. The average molecular weight is 289 g/mol. The number of thioether (sulfide) groups is 1. The summed E-state index contributed by atoms with van der Waals surface area (Å²) in [5, 5.41) is 4.33. The minimum absolute atomic E-state index is 0.283. The van der Waals surface area contributed by atoms with Gasteiger partial charge >= 0.3 is 0 Å². The molecule has 0 spiro atoms. The number of aromatic nitrogens is 2. The quantitative estimate of drug-likeness (QED) is 0.627. The number of rotatable bonds is 7. The van der Waals surface area contributed by atoms with Crippen molar-refractivity contribution in [2.45, 2.75) is 18.0 Å². The third-order valence-electron chi connectivity index (χ3n) is 2.89. The maximum atomic E-state index is 5.46. The maximum absolute atomic E-state index is 5.46. The molecule has 1 N–H and O–H groups in total. The first-order chi connectivity index (χ1) is 9.83. The third-order valence-corrected chi connectivity index (χ3v) is 3.93. The van der Waals surface area contributed by atoms with Crippen LogP contribution in [0.1, 0.15) is 18.5 Å². The number of hydrogen-bond acceptors (Lipinski definition) is 5. The van der Waals surface area contributed by atoms with E-state index in [1.54, 1.807) is 24.3 Å². The Morgan fingerprint density at radius 1 is 1.25 bits per heavy atom. The molecule has 106 valence electrons. The van der Waals surface area contributed by atoms with E-state index in [1.165, 1.54) is 5.56 Å². The molecule has 1 aromatic carbocycles. The Hall–Kier alpha value is -1.59. The van der Waals surface area contributed by atoms with Crippen molar-refractivity contribution in [1.82, 2.24) is 15.3 Å². The molecule has 2 rings (SSSR count). The molecule has 0 saturated heterocycles. The molecule has 1 aromatic heterocycles. The van der Waals surface area contributed by atoms with Gasteiger partial charge in [-0.1, -0.05) is 12.1 Å². The smallest absolute Gasteiger partial charge is 0.119 e. The molecule has 2 aromatic rings. The lowest BCUT2D eigenvalue weighted by molar-refractivity contribution is 0.340.